The molecule has 1 aromatic rings. The number of aromatic hydroxyl groups is 1. The lowest BCUT2D eigenvalue weighted by atomic mass is 10.2. The summed E-state index contributed by atoms with van der Waals surface area (Å²) in [5, 5.41) is 12.3. The Kier molecular flexibility index (Phi) is 18.6. The van der Waals surface area contributed by atoms with E-state index < -0.39 is 0 Å². The van der Waals surface area contributed by atoms with Gasteiger partial charge in [0.15, 0.2) is 0 Å². The average Bonchev–Trinajstić information content (AvgIpc) is 2.77. The number of nitrogens with one attached hydrogen (secondary N) is 1. The minimum atomic E-state index is 0.368. The van der Waals surface area contributed by atoms with Crippen LogP contribution in [0.15, 0.2) is 47.8 Å². The first-order chi connectivity index (χ1) is 13.6. The van der Waals surface area contributed by atoms with Gasteiger partial charge in [-0.05, 0) is 37.6 Å². The summed E-state index contributed by atoms with van der Waals surface area (Å²) in [6, 6.07) is 7.25. The van der Waals surface area contributed by atoms with Crippen LogP contribution in [0.3, 0.4) is 0 Å². The quantitative estimate of drug-likeness (QED) is 0.672. The van der Waals surface area contributed by atoms with Crippen LogP contribution in [0.2, 0.25) is 0 Å². The number of hydrogen-bond acceptors (Lipinski definition) is 4. The molecule has 0 radical (unpaired) electrons. The zero-order valence-electron chi connectivity index (χ0n) is 19.8. The highest BCUT2D eigenvalue weighted by Crippen LogP contribution is 2.16. The molecular weight excluding hydrogens is 346 g/mol. The summed E-state index contributed by atoms with van der Waals surface area (Å²) >= 11 is 0. The van der Waals surface area contributed by atoms with Crippen LogP contribution in [0.5, 0.6) is 5.75 Å². The van der Waals surface area contributed by atoms with Crippen molar-refractivity contribution in [3.05, 3.63) is 53.4 Å². The number of phenolic OH excluding ortho intramolecular Hbond substituents is 1. The van der Waals surface area contributed by atoms with E-state index >= 15 is 0 Å². The summed E-state index contributed by atoms with van der Waals surface area (Å²) in [5.74, 6) is 0.368. The molecule has 2 aliphatic heterocycles. The Morgan fingerprint density at radius 1 is 0.893 bits per heavy atom. The van der Waals surface area contributed by atoms with Crippen molar-refractivity contribution >= 4 is 0 Å². The number of likely N-dealkylation sites (N-methyl/N-ethyl adjacent to an activating group) is 1. The molecule has 0 saturated carbocycles. The lowest BCUT2D eigenvalue weighted by Gasteiger charge is -2.33. The highest BCUT2D eigenvalue weighted by molar-refractivity contribution is 5.29. The Hall–Kier alpha value is -1.94. The number of benzene rings is 1. The molecule has 2 heterocycles. The maximum atomic E-state index is 8.92. The van der Waals surface area contributed by atoms with Crippen molar-refractivity contribution in [3.63, 3.8) is 0 Å². The molecule has 1 saturated heterocycles. The van der Waals surface area contributed by atoms with E-state index in [1.807, 2.05) is 66.7 Å². The fourth-order valence-corrected chi connectivity index (χ4v) is 2.46. The Morgan fingerprint density at radius 3 is 1.86 bits per heavy atom. The Bertz CT molecular complexity index is 526. The third-order valence-electron chi connectivity index (χ3n) is 4.13. The van der Waals surface area contributed by atoms with Gasteiger partial charge in [-0.25, -0.2) is 0 Å². The van der Waals surface area contributed by atoms with Gasteiger partial charge in [0.05, 0.1) is 0 Å². The van der Waals surface area contributed by atoms with Crippen LogP contribution in [0.4, 0.5) is 0 Å². The molecular formula is C24H45N3O. The van der Waals surface area contributed by atoms with E-state index in [4.69, 9.17) is 5.11 Å². The number of hydrogen-bond donors (Lipinski definition) is 2. The maximum absolute atomic E-state index is 8.92. The molecule has 0 aromatic heterocycles. The van der Waals surface area contributed by atoms with Gasteiger partial charge in [-0.1, -0.05) is 59.7 Å². The zero-order chi connectivity index (χ0) is 21.9. The maximum Gasteiger partial charge on any atom is 0.118 e. The van der Waals surface area contributed by atoms with Gasteiger partial charge in [0.2, 0.25) is 0 Å². The molecule has 0 atom stereocenters. The number of aryl methyl sites for hydroxylation is 1. The number of allylic oxidation sites excluding steroid dienone is 2. The average molecular weight is 392 g/mol. The zero-order valence-corrected chi connectivity index (χ0v) is 19.8. The molecule has 0 unspecified atom stereocenters. The van der Waals surface area contributed by atoms with Gasteiger partial charge < -0.3 is 20.2 Å². The fourth-order valence-electron chi connectivity index (χ4n) is 2.46. The SMILES string of the molecule is CC.CC.CC.CC1=CC(N2CCNCC2)=CCN1C.Cc1ccccc1O. The number of rotatable bonds is 1. The summed E-state index contributed by atoms with van der Waals surface area (Å²) < 4.78 is 0. The first-order valence-corrected chi connectivity index (χ1v) is 10.9. The highest BCUT2D eigenvalue weighted by Gasteiger charge is 2.14. The fraction of sp³-hybridized carbons (Fsp3) is 0.583. The monoisotopic (exact) mass is 391 g/mol. The second-order valence-electron chi connectivity index (χ2n) is 5.82. The summed E-state index contributed by atoms with van der Waals surface area (Å²) in [7, 11) is 2.14. The number of phenols is 1. The third-order valence-corrected chi connectivity index (χ3v) is 4.13. The van der Waals surface area contributed by atoms with Crippen LogP contribution in [0, 0.1) is 6.92 Å². The van der Waals surface area contributed by atoms with Gasteiger partial charge in [-0.15, -0.1) is 0 Å². The molecule has 2 N–H and O–H groups in total. The minimum absolute atomic E-state index is 0.368. The van der Waals surface area contributed by atoms with Crippen LogP contribution >= 0.6 is 0 Å². The van der Waals surface area contributed by atoms with E-state index in [0.29, 0.717) is 5.75 Å². The smallest absolute Gasteiger partial charge is 0.118 e. The highest BCUT2D eigenvalue weighted by atomic mass is 16.3. The van der Waals surface area contributed by atoms with Crippen molar-refractivity contribution in [2.24, 2.45) is 0 Å². The van der Waals surface area contributed by atoms with Crippen molar-refractivity contribution in [2.45, 2.75) is 55.4 Å². The van der Waals surface area contributed by atoms with Crippen molar-refractivity contribution < 1.29 is 5.11 Å². The molecule has 1 fully saturated rings. The predicted octanol–water partition coefficient (Wildman–Crippen LogP) is 5.40. The van der Waals surface area contributed by atoms with E-state index in [0.717, 1.165) is 38.3 Å². The predicted molar refractivity (Wildman–Crippen MR) is 126 cm³/mol. The second kappa shape index (κ2) is 18.4. The molecule has 0 aliphatic carbocycles. The molecule has 2 aliphatic rings. The topological polar surface area (TPSA) is 38.7 Å². The van der Waals surface area contributed by atoms with Crippen LogP contribution in [-0.2, 0) is 0 Å². The Labute approximate surface area is 174 Å². The van der Waals surface area contributed by atoms with Gasteiger partial charge in [0, 0.05) is 51.2 Å². The van der Waals surface area contributed by atoms with Gasteiger partial charge in [0.1, 0.15) is 5.75 Å². The summed E-state index contributed by atoms with van der Waals surface area (Å²) in [4.78, 5) is 4.73. The van der Waals surface area contributed by atoms with E-state index in [2.05, 4.69) is 41.2 Å². The number of nitrogens with zero attached hydrogens (tertiary/aromatic N) is 2. The molecule has 4 heteroatoms. The van der Waals surface area contributed by atoms with Crippen LogP contribution in [0.1, 0.15) is 54.0 Å². The molecule has 3 rings (SSSR count). The van der Waals surface area contributed by atoms with Crippen molar-refractivity contribution in [3.8, 4) is 5.75 Å². The Morgan fingerprint density at radius 2 is 1.43 bits per heavy atom. The van der Waals surface area contributed by atoms with Gasteiger partial charge >= 0.3 is 0 Å². The second-order valence-corrected chi connectivity index (χ2v) is 5.82. The first-order valence-electron chi connectivity index (χ1n) is 10.9. The minimum Gasteiger partial charge on any atom is -0.508 e. The van der Waals surface area contributed by atoms with Crippen molar-refractivity contribution in [2.75, 3.05) is 39.8 Å². The van der Waals surface area contributed by atoms with E-state index in [-0.39, 0.29) is 0 Å². The molecule has 4 nitrogen and oxygen atoms in total. The van der Waals surface area contributed by atoms with E-state index in [9.17, 15) is 0 Å². The van der Waals surface area contributed by atoms with Crippen LogP contribution < -0.4 is 5.32 Å². The van der Waals surface area contributed by atoms with Crippen molar-refractivity contribution in [1.29, 1.82) is 0 Å². The standard InChI is InChI=1S/C11H19N3.C7H8O.3C2H6/c1-10-9-11(3-6-13(10)2)14-7-4-12-5-8-14;1-6-4-2-3-5-7(6)8;3*1-2/h3,9,12H,4-8H2,1-2H3;2-5,8H,1H3;3*1-2H3. The lowest BCUT2D eigenvalue weighted by Crippen LogP contribution is -2.43. The Balaban J connectivity index is 0. The molecule has 162 valence electrons. The molecule has 0 amide bonds. The van der Waals surface area contributed by atoms with Gasteiger partial charge in [-0.2, -0.15) is 0 Å². The third kappa shape index (κ3) is 11.0. The largest absolute Gasteiger partial charge is 0.508 e. The molecule has 28 heavy (non-hydrogen) atoms. The lowest BCUT2D eigenvalue weighted by molar-refractivity contribution is 0.300. The summed E-state index contributed by atoms with van der Waals surface area (Å²) in [5.41, 5.74) is 3.69. The normalized spacial score (nSPS) is 14.9. The van der Waals surface area contributed by atoms with Crippen LogP contribution in [0.25, 0.3) is 0 Å². The van der Waals surface area contributed by atoms with E-state index in [1.54, 1.807) is 6.07 Å². The summed E-state index contributed by atoms with van der Waals surface area (Å²) in [6.07, 6.45) is 4.60. The number of para-hydroxylation sites is 1. The summed E-state index contributed by atoms with van der Waals surface area (Å²) in [6.45, 7) is 21.6. The van der Waals surface area contributed by atoms with Gasteiger partial charge in [0.25, 0.3) is 0 Å². The number of piperazine rings is 1. The van der Waals surface area contributed by atoms with E-state index in [1.165, 1.54) is 11.4 Å². The van der Waals surface area contributed by atoms with Crippen molar-refractivity contribution in [1.82, 2.24) is 15.1 Å². The molecule has 0 spiro atoms. The molecule has 1 aromatic carbocycles. The first kappa shape index (κ1) is 28.3. The molecule has 0 bridgehead atoms. The van der Waals surface area contributed by atoms with Crippen LogP contribution in [-0.4, -0.2) is 54.7 Å². The van der Waals surface area contributed by atoms with Gasteiger partial charge in [-0.3, -0.25) is 0 Å².